The molecule has 1 aliphatic rings. The van der Waals surface area contributed by atoms with E-state index in [1.165, 1.54) is 17.3 Å². The average Bonchev–Trinajstić information content (AvgIpc) is 2.89. The third-order valence-electron chi connectivity index (χ3n) is 3.81. The lowest BCUT2D eigenvalue weighted by Crippen LogP contribution is -2.27. The Morgan fingerprint density at radius 3 is 2.38 bits per heavy atom. The Morgan fingerprint density at radius 2 is 1.79 bits per heavy atom. The van der Waals surface area contributed by atoms with Crippen molar-refractivity contribution in [3.05, 3.63) is 64.6 Å². The van der Waals surface area contributed by atoms with Crippen molar-refractivity contribution in [2.75, 3.05) is 12.0 Å². The van der Waals surface area contributed by atoms with Crippen LogP contribution in [0.25, 0.3) is 6.08 Å². The van der Waals surface area contributed by atoms with Crippen LogP contribution in [0.15, 0.2) is 53.4 Å². The van der Waals surface area contributed by atoms with E-state index in [4.69, 9.17) is 17.0 Å². The summed E-state index contributed by atoms with van der Waals surface area (Å²) in [6.45, 7) is 2.12. The first-order valence-electron chi connectivity index (χ1n) is 7.63. The minimum absolute atomic E-state index is 0.0882. The van der Waals surface area contributed by atoms with Gasteiger partial charge in [-0.3, -0.25) is 9.69 Å². The lowest BCUT2D eigenvalue weighted by molar-refractivity contribution is -0.113. The topological polar surface area (TPSA) is 29.5 Å². The van der Waals surface area contributed by atoms with E-state index in [2.05, 4.69) is 19.1 Å². The highest BCUT2D eigenvalue weighted by atomic mass is 32.2. The lowest BCUT2D eigenvalue weighted by atomic mass is 10.1. The van der Waals surface area contributed by atoms with Gasteiger partial charge in [-0.1, -0.05) is 55.2 Å². The maximum Gasteiger partial charge on any atom is 0.270 e. The number of nitrogens with zero attached hydrogens (tertiary/aromatic N) is 1. The number of thiocarbonyl (C=S) groups is 1. The van der Waals surface area contributed by atoms with Crippen molar-refractivity contribution >= 4 is 46.0 Å². The van der Waals surface area contributed by atoms with Gasteiger partial charge in [-0.2, -0.15) is 0 Å². The predicted molar refractivity (Wildman–Crippen MR) is 104 cm³/mol. The molecule has 24 heavy (non-hydrogen) atoms. The summed E-state index contributed by atoms with van der Waals surface area (Å²) in [5.74, 6) is 0.658. The third-order valence-corrected chi connectivity index (χ3v) is 5.11. The van der Waals surface area contributed by atoms with Crippen LogP contribution in [0.4, 0.5) is 5.69 Å². The normalized spacial score (nSPS) is 16.1. The Kier molecular flexibility index (Phi) is 5.02. The number of ether oxygens (including phenoxy) is 1. The molecule has 0 bridgehead atoms. The fourth-order valence-corrected chi connectivity index (χ4v) is 3.72. The summed E-state index contributed by atoms with van der Waals surface area (Å²) >= 11 is 6.72. The highest BCUT2D eigenvalue weighted by Crippen LogP contribution is 2.36. The number of amides is 1. The molecule has 0 N–H and O–H groups in total. The van der Waals surface area contributed by atoms with Crippen LogP contribution >= 0.6 is 24.0 Å². The molecule has 0 spiro atoms. The molecule has 1 saturated heterocycles. The van der Waals surface area contributed by atoms with Gasteiger partial charge in [-0.25, -0.2) is 0 Å². The molecule has 2 aromatic carbocycles. The first-order chi connectivity index (χ1) is 11.6. The highest BCUT2D eigenvalue weighted by molar-refractivity contribution is 8.27. The lowest BCUT2D eigenvalue weighted by Gasteiger charge is -2.14. The molecular weight excluding hydrogens is 338 g/mol. The third kappa shape index (κ3) is 3.37. The van der Waals surface area contributed by atoms with Gasteiger partial charge in [0.2, 0.25) is 0 Å². The monoisotopic (exact) mass is 355 g/mol. The summed E-state index contributed by atoms with van der Waals surface area (Å²) in [4.78, 5) is 14.9. The van der Waals surface area contributed by atoms with E-state index in [-0.39, 0.29) is 5.91 Å². The van der Waals surface area contributed by atoms with E-state index in [0.29, 0.717) is 9.23 Å². The molecule has 3 rings (SSSR count). The Hall–Kier alpha value is -2.11. The van der Waals surface area contributed by atoms with Crippen molar-refractivity contribution in [3.63, 3.8) is 0 Å². The molecule has 1 amide bonds. The number of benzene rings is 2. The summed E-state index contributed by atoms with van der Waals surface area (Å²) in [5.41, 5.74) is 3.03. The van der Waals surface area contributed by atoms with Gasteiger partial charge in [-0.05, 0) is 47.9 Å². The van der Waals surface area contributed by atoms with Crippen molar-refractivity contribution < 1.29 is 9.53 Å². The second kappa shape index (κ2) is 7.20. The molecule has 1 fully saturated rings. The SMILES string of the molecule is CCc1ccc(/C=C2/SC(=S)N(c3ccc(OC)cc3)C2=O)cc1. The minimum atomic E-state index is -0.0882. The molecule has 0 saturated carbocycles. The van der Waals surface area contributed by atoms with Crippen LogP contribution in [0.3, 0.4) is 0 Å². The number of carbonyl (C=O) groups is 1. The molecular formula is C19H17NO2S2. The Bertz CT molecular complexity index is 795. The van der Waals surface area contributed by atoms with Gasteiger partial charge in [0.25, 0.3) is 5.91 Å². The van der Waals surface area contributed by atoms with Crippen molar-refractivity contribution in [2.24, 2.45) is 0 Å². The highest BCUT2D eigenvalue weighted by Gasteiger charge is 2.33. The van der Waals surface area contributed by atoms with Gasteiger partial charge in [0.05, 0.1) is 17.7 Å². The quantitative estimate of drug-likeness (QED) is 0.589. The zero-order chi connectivity index (χ0) is 17.1. The van der Waals surface area contributed by atoms with E-state index >= 15 is 0 Å². The van der Waals surface area contributed by atoms with E-state index < -0.39 is 0 Å². The van der Waals surface area contributed by atoms with Crippen LogP contribution in [0, 0.1) is 0 Å². The zero-order valence-corrected chi connectivity index (χ0v) is 15.1. The molecule has 2 aromatic rings. The Labute approximate surface area is 151 Å². The Balaban J connectivity index is 1.85. The smallest absolute Gasteiger partial charge is 0.270 e. The number of carbonyl (C=O) groups excluding carboxylic acids is 1. The van der Waals surface area contributed by atoms with Crippen LogP contribution in [0.2, 0.25) is 0 Å². The predicted octanol–water partition coefficient (Wildman–Crippen LogP) is 4.66. The molecule has 3 nitrogen and oxygen atoms in total. The van der Waals surface area contributed by atoms with E-state index in [1.54, 1.807) is 12.0 Å². The van der Waals surface area contributed by atoms with Gasteiger partial charge in [0, 0.05) is 0 Å². The number of methoxy groups -OCH3 is 1. The van der Waals surface area contributed by atoms with Gasteiger partial charge in [-0.15, -0.1) is 0 Å². The molecule has 0 atom stereocenters. The number of thioether (sulfide) groups is 1. The van der Waals surface area contributed by atoms with Crippen molar-refractivity contribution in [3.8, 4) is 5.75 Å². The first-order valence-corrected chi connectivity index (χ1v) is 8.86. The fourth-order valence-electron chi connectivity index (χ4n) is 2.42. The van der Waals surface area contributed by atoms with Crippen molar-refractivity contribution in [2.45, 2.75) is 13.3 Å². The maximum absolute atomic E-state index is 12.7. The first kappa shape index (κ1) is 16.7. The van der Waals surface area contributed by atoms with Gasteiger partial charge in [0.1, 0.15) is 5.75 Å². The zero-order valence-electron chi connectivity index (χ0n) is 13.5. The minimum Gasteiger partial charge on any atom is -0.497 e. The number of aryl methyl sites for hydroxylation is 1. The van der Waals surface area contributed by atoms with Crippen molar-refractivity contribution in [1.82, 2.24) is 0 Å². The van der Waals surface area contributed by atoms with Crippen LogP contribution in [0.1, 0.15) is 18.1 Å². The molecule has 0 radical (unpaired) electrons. The van der Waals surface area contributed by atoms with Crippen molar-refractivity contribution in [1.29, 1.82) is 0 Å². The summed E-state index contributed by atoms with van der Waals surface area (Å²) < 4.78 is 5.69. The largest absolute Gasteiger partial charge is 0.497 e. The Morgan fingerprint density at radius 1 is 1.12 bits per heavy atom. The summed E-state index contributed by atoms with van der Waals surface area (Å²) in [5, 5.41) is 0. The van der Waals surface area contributed by atoms with E-state index in [1.807, 2.05) is 42.5 Å². The molecule has 122 valence electrons. The second-order valence-corrected chi connectivity index (χ2v) is 6.99. The van der Waals surface area contributed by atoms with Crippen LogP contribution in [0.5, 0.6) is 5.75 Å². The molecule has 0 aromatic heterocycles. The molecule has 0 aliphatic carbocycles. The van der Waals surface area contributed by atoms with Gasteiger partial charge >= 0.3 is 0 Å². The van der Waals surface area contributed by atoms with Crippen LogP contribution in [-0.2, 0) is 11.2 Å². The summed E-state index contributed by atoms with van der Waals surface area (Å²) in [7, 11) is 1.61. The average molecular weight is 355 g/mol. The standard InChI is InChI=1S/C19H17NO2S2/c1-3-13-4-6-14(7-5-13)12-17-18(21)20(19(23)24-17)15-8-10-16(22-2)11-9-15/h4-12H,3H2,1-2H3/b17-12+. The van der Waals surface area contributed by atoms with E-state index in [9.17, 15) is 4.79 Å². The van der Waals surface area contributed by atoms with Gasteiger partial charge in [0.15, 0.2) is 4.32 Å². The fraction of sp³-hybridized carbons (Fsp3) is 0.158. The van der Waals surface area contributed by atoms with Gasteiger partial charge < -0.3 is 4.74 Å². The summed E-state index contributed by atoms with van der Waals surface area (Å²) in [6.07, 6.45) is 2.89. The number of hydrogen-bond donors (Lipinski definition) is 0. The summed E-state index contributed by atoms with van der Waals surface area (Å²) in [6, 6.07) is 15.5. The second-order valence-electron chi connectivity index (χ2n) is 5.31. The number of hydrogen-bond acceptors (Lipinski definition) is 4. The maximum atomic E-state index is 12.7. The molecule has 1 heterocycles. The number of anilines is 1. The molecule has 0 unspecified atom stereocenters. The van der Waals surface area contributed by atoms with Crippen LogP contribution < -0.4 is 9.64 Å². The molecule has 1 aliphatic heterocycles. The number of rotatable bonds is 4. The van der Waals surface area contributed by atoms with E-state index in [0.717, 1.165) is 23.4 Å². The van der Waals surface area contributed by atoms with Crippen LogP contribution in [-0.4, -0.2) is 17.3 Å². The molecule has 5 heteroatoms.